The Kier molecular flexibility index (Phi) is 8.20. The monoisotopic (exact) mass is 739 g/mol. The van der Waals surface area contributed by atoms with E-state index in [1.165, 1.54) is 6.07 Å². The maximum Gasteiger partial charge on any atom is 0.318 e. The molecule has 5 fully saturated rings. The fourth-order valence-corrected chi connectivity index (χ4v) is 10.2. The number of hydrogen-bond acceptors (Lipinski definition) is 10. The Hall–Kier alpha value is -4.56. The molecule has 4 atom stereocenters. The molecule has 12 nitrogen and oxygen atoms in total. The van der Waals surface area contributed by atoms with Gasteiger partial charge in [-0.1, -0.05) is 13.0 Å². The van der Waals surface area contributed by atoms with Crippen molar-refractivity contribution in [1.29, 1.82) is 0 Å². The molecular formula is C40H47F2N9O3. The number of fused-ring (bicyclic) bond motifs is 6. The third-order valence-electron chi connectivity index (χ3n) is 12.8. The second kappa shape index (κ2) is 13.0. The van der Waals surface area contributed by atoms with Crippen molar-refractivity contribution in [3.63, 3.8) is 0 Å². The van der Waals surface area contributed by atoms with E-state index in [0.29, 0.717) is 95.0 Å². The Morgan fingerprint density at radius 3 is 2.72 bits per heavy atom. The maximum absolute atomic E-state index is 15.2. The first-order valence-corrected chi connectivity index (χ1v) is 19.7. The topological polar surface area (TPSA) is 115 Å². The number of anilines is 2. The molecule has 2 unspecified atom stereocenters. The molecule has 0 saturated carbocycles. The summed E-state index contributed by atoms with van der Waals surface area (Å²) in [5.74, 6) is 0.658. The highest BCUT2D eigenvalue weighted by atomic mass is 19.1. The molecule has 2 bridgehead atoms. The van der Waals surface area contributed by atoms with E-state index in [1.807, 2.05) is 22.6 Å². The van der Waals surface area contributed by atoms with Gasteiger partial charge in [0.1, 0.15) is 30.2 Å². The fourth-order valence-electron chi connectivity index (χ4n) is 10.2. The number of nitrogens with one attached hydrogen (secondary N) is 1. The number of piperazine rings is 1. The van der Waals surface area contributed by atoms with Gasteiger partial charge in [0.15, 0.2) is 5.69 Å². The number of hydrogen-bond donors (Lipinski definition) is 2. The number of aromatic nitrogens is 4. The summed E-state index contributed by atoms with van der Waals surface area (Å²) in [7, 11) is 0. The summed E-state index contributed by atoms with van der Waals surface area (Å²) in [6.07, 6.45) is 4.57. The Morgan fingerprint density at radius 1 is 1.04 bits per heavy atom. The van der Waals surface area contributed by atoms with Crippen molar-refractivity contribution in [3.05, 3.63) is 64.4 Å². The lowest BCUT2D eigenvalue weighted by molar-refractivity contribution is 0.0467. The molecule has 284 valence electrons. The molecule has 0 radical (unpaired) electrons. The van der Waals surface area contributed by atoms with Crippen LogP contribution < -0.4 is 19.9 Å². The molecule has 7 aliphatic heterocycles. The third kappa shape index (κ3) is 5.75. The molecular weight excluding hydrogens is 692 g/mol. The van der Waals surface area contributed by atoms with Gasteiger partial charge in [0.25, 0.3) is 5.91 Å². The second-order valence-corrected chi connectivity index (χ2v) is 16.3. The van der Waals surface area contributed by atoms with E-state index in [4.69, 9.17) is 19.8 Å². The van der Waals surface area contributed by atoms with Gasteiger partial charge in [-0.2, -0.15) is 15.1 Å². The minimum atomic E-state index is -0.867. The molecule has 14 heteroatoms. The second-order valence-electron chi connectivity index (χ2n) is 16.3. The van der Waals surface area contributed by atoms with Crippen LogP contribution >= 0.6 is 0 Å². The molecule has 2 aromatic heterocycles. The molecule has 2 aromatic carbocycles. The molecule has 4 aromatic rings. The summed E-state index contributed by atoms with van der Waals surface area (Å²) in [5.41, 5.74) is 4.33. The van der Waals surface area contributed by atoms with Crippen molar-refractivity contribution in [1.82, 2.24) is 34.9 Å². The summed E-state index contributed by atoms with van der Waals surface area (Å²) >= 11 is 0. The third-order valence-corrected chi connectivity index (χ3v) is 12.8. The molecule has 5 saturated heterocycles. The molecule has 0 spiro atoms. The van der Waals surface area contributed by atoms with Crippen LogP contribution in [0, 0.1) is 5.82 Å². The number of benzene rings is 2. The summed E-state index contributed by atoms with van der Waals surface area (Å²) in [6.45, 7) is 8.00. The average Bonchev–Trinajstić information content (AvgIpc) is 3.79. The molecule has 0 aliphatic carbocycles. The van der Waals surface area contributed by atoms with Crippen molar-refractivity contribution in [2.24, 2.45) is 0 Å². The van der Waals surface area contributed by atoms with Crippen molar-refractivity contribution >= 4 is 28.2 Å². The number of aromatic hydroxyl groups is 1. The largest absolute Gasteiger partial charge is 0.508 e. The van der Waals surface area contributed by atoms with E-state index >= 15 is 4.39 Å². The smallest absolute Gasteiger partial charge is 0.318 e. The first-order chi connectivity index (χ1) is 26.2. The van der Waals surface area contributed by atoms with Gasteiger partial charge < -0.3 is 29.9 Å². The zero-order valence-electron chi connectivity index (χ0n) is 30.7. The summed E-state index contributed by atoms with van der Waals surface area (Å²) in [6, 6.07) is 9.58. The van der Waals surface area contributed by atoms with Crippen LogP contribution in [0.15, 0.2) is 30.3 Å². The highest BCUT2D eigenvalue weighted by molar-refractivity contribution is 5.98. The number of piperidine rings is 1. The predicted octanol–water partition coefficient (Wildman–Crippen LogP) is 4.35. The van der Waals surface area contributed by atoms with Gasteiger partial charge in [-0.25, -0.2) is 8.78 Å². The summed E-state index contributed by atoms with van der Waals surface area (Å²) in [5, 5.41) is 20.7. The van der Waals surface area contributed by atoms with Crippen LogP contribution in [0.2, 0.25) is 0 Å². The van der Waals surface area contributed by atoms with Gasteiger partial charge in [0.2, 0.25) is 0 Å². The first kappa shape index (κ1) is 34.0. The van der Waals surface area contributed by atoms with E-state index in [2.05, 4.69) is 20.0 Å². The number of amides is 1. The van der Waals surface area contributed by atoms with Crippen molar-refractivity contribution in [2.45, 2.75) is 95.3 Å². The quantitative estimate of drug-likeness (QED) is 0.284. The Bertz CT molecular complexity index is 2130. The number of phenolic OH excluding ortho intramolecular Hbond substituents is 1. The summed E-state index contributed by atoms with van der Waals surface area (Å²) in [4.78, 5) is 32.3. The normalized spacial score (nSPS) is 26.4. The van der Waals surface area contributed by atoms with Crippen molar-refractivity contribution in [3.8, 4) is 11.8 Å². The van der Waals surface area contributed by atoms with Crippen molar-refractivity contribution < 1.29 is 23.4 Å². The van der Waals surface area contributed by atoms with Crippen LogP contribution in [-0.4, -0.2) is 110 Å². The zero-order valence-corrected chi connectivity index (χ0v) is 30.7. The molecule has 7 aliphatic rings. The molecule has 54 heavy (non-hydrogen) atoms. The zero-order chi connectivity index (χ0) is 36.7. The van der Waals surface area contributed by atoms with Gasteiger partial charge in [0.05, 0.1) is 30.0 Å². The van der Waals surface area contributed by atoms with E-state index in [0.717, 1.165) is 78.0 Å². The number of aryl methyl sites for hydroxylation is 2. The Morgan fingerprint density at radius 2 is 1.89 bits per heavy atom. The number of carbonyl (C=O) groups is 1. The van der Waals surface area contributed by atoms with Gasteiger partial charge >= 0.3 is 6.01 Å². The Balaban J connectivity index is 0.992. The number of rotatable bonds is 7. The summed E-state index contributed by atoms with van der Waals surface area (Å²) < 4.78 is 38.3. The lowest BCUT2D eigenvalue weighted by Gasteiger charge is -2.48. The lowest BCUT2D eigenvalue weighted by Crippen LogP contribution is -2.67. The standard InChI is InChI=1S/C40H47F2N9O3/c1-2-30-32(42)6-5-24-13-29(52)16-35(36(24)30)47-12-7-31-34(22-47)44-39(54-23-40-8-3-10-50(40)18-25(41)17-40)45-37(31)48-9-4-11-51-28(21-48)15-33(46-51)38(53)49-19-26-14-27(20-49)43-26/h5-6,13,15-16,25-27,43,52H,2-4,7-12,14,17-23H2,1H3/t25-,26?,27?,40+/m1/s1. The molecule has 9 heterocycles. The highest BCUT2D eigenvalue weighted by Crippen LogP contribution is 2.42. The van der Waals surface area contributed by atoms with Gasteiger partial charge in [-0.15, -0.1) is 0 Å². The van der Waals surface area contributed by atoms with E-state index in [1.54, 1.807) is 18.2 Å². The van der Waals surface area contributed by atoms with Crippen LogP contribution in [0.3, 0.4) is 0 Å². The van der Waals surface area contributed by atoms with E-state index < -0.39 is 6.17 Å². The van der Waals surface area contributed by atoms with Crippen LogP contribution in [0.25, 0.3) is 10.8 Å². The molecule has 2 N–H and O–H groups in total. The first-order valence-electron chi connectivity index (χ1n) is 19.7. The van der Waals surface area contributed by atoms with Crippen LogP contribution in [-0.2, 0) is 32.5 Å². The minimum absolute atomic E-state index is 0.0122. The predicted molar refractivity (Wildman–Crippen MR) is 199 cm³/mol. The maximum atomic E-state index is 15.2. The van der Waals surface area contributed by atoms with Crippen molar-refractivity contribution in [2.75, 3.05) is 55.7 Å². The number of nitrogens with zero attached hydrogens (tertiary/aromatic N) is 8. The number of ether oxygens (including phenoxy) is 1. The average molecular weight is 740 g/mol. The van der Waals surface area contributed by atoms with Crippen LogP contribution in [0.1, 0.15) is 72.0 Å². The SMILES string of the molecule is CCc1c(F)ccc2cc(O)cc(N3CCc4c(nc(OC[C@@]56CCCN5C[C@H](F)C6)nc4N4CCCn5nc(C(=O)N6CC7CC(C6)N7)cc5C4)C3)c12. The Labute approximate surface area is 313 Å². The fraction of sp³-hybridized carbons (Fsp3) is 0.550. The van der Waals surface area contributed by atoms with Crippen LogP contribution in [0.4, 0.5) is 20.3 Å². The number of alkyl halides is 1. The number of phenols is 1. The van der Waals surface area contributed by atoms with E-state index in [-0.39, 0.29) is 29.0 Å². The number of halogens is 2. The highest BCUT2D eigenvalue weighted by Gasteiger charge is 2.49. The van der Waals surface area contributed by atoms with E-state index in [9.17, 15) is 14.3 Å². The van der Waals surface area contributed by atoms with Gasteiger partial charge in [-0.05, 0) is 74.2 Å². The lowest BCUT2D eigenvalue weighted by atomic mass is 9.91. The minimum Gasteiger partial charge on any atom is -0.508 e. The van der Waals surface area contributed by atoms with Crippen LogP contribution in [0.5, 0.6) is 11.8 Å². The van der Waals surface area contributed by atoms with Gasteiger partial charge in [0, 0.05) is 80.5 Å². The molecule has 11 rings (SSSR count). The number of carbonyl (C=O) groups excluding carboxylic acids is 1. The van der Waals surface area contributed by atoms with Gasteiger partial charge in [-0.3, -0.25) is 14.4 Å². The molecule has 1 amide bonds.